The van der Waals surface area contributed by atoms with Crippen molar-refractivity contribution in [2.75, 3.05) is 60.9 Å². The topological polar surface area (TPSA) is 98.1 Å². The lowest BCUT2D eigenvalue weighted by Gasteiger charge is -2.38. The van der Waals surface area contributed by atoms with Gasteiger partial charge in [-0.05, 0) is 61.7 Å². The van der Waals surface area contributed by atoms with Crippen molar-refractivity contribution >= 4 is 48.3 Å². The summed E-state index contributed by atoms with van der Waals surface area (Å²) in [5, 5.41) is 5.86. The molecule has 206 valence electrons. The van der Waals surface area contributed by atoms with Crippen LogP contribution < -0.4 is 26.1 Å². The molecular formula is C30H34BN5O4. The second kappa shape index (κ2) is 12.3. The van der Waals surface area contributed by atoms with Crippen molar-refractivity contribution in [3.63, 3.8) is 0 Å². The third kappa shape index (κ3) is 6.33. The zero-order valence-electron chi connectivity index (χ0n) is 22.8. The molecule has 9 nitrogen and oxygen atoms in total. The molecule has 5 rings (SSSR count). The predicted octanol–water partition coefficient (Wildman–Crippen LogP) is 2.70. The molecule has 0 atom stereocenters. The Kier molecular flexibility index (Phi) is 8.43. The number of nitrogens with one attached hydrogen (secondary N) is 2. The highest BCUT2D eigenvalue weighted by atomic mass is 16.3. The van der Waals surface area contributed by atoms with Crippen LogP contribution in [0.15, 0.2) is 59.0 Å². The van der Waals surface area contributed by atoms with E-state index in [0.717, 1.165) is 44.8 Å². The molecule has 0 unspecified atom stereocenters. The fourth-order valence-electron chi connectivity index (χ4n) is 5.33. The van der Waals surface area contributed by atoms with Crippen LogP contribution >= 0.6 is 0 Å². The van der Waals surface area contributed by atoms with Crippen LogP contribution in [0.5, 0.6) is 0 Å². The first kappa shape index (κ1) is 27.4. The van der Waals surface area contributed by atoms with E-state index in [1.807, 2.05) is 17.0 Å². The number of hydrogen-bond donors (Lipinski definition) is 2. The Balaban J connectivity index is 1.28. The van der Waals surface area contributed by atoms with Gasteiger partial charge in [-0.2, -0.15) is 0 Å². The van der Waals surface area contributed by atoms with E-state index in [9.17, 15) is 14.4 Å². The summed E-state index contributed by atoms with van der Waals surface area (Å²) in [7, 11) is 5.66. The summed E-state index contributed by atoms with van der Waals surface area (Å²) >= 11 is 0. The fraction of sp³-hybridized carbons (Fsp3) is 0.367. The molecule has 0 saturated carbocycles. The van der Waals surface area contributed by atoms with E-state index in [-0.39, 0.29) is 23.2 Å². The SMILES string of the molecule is [B]c1ccc(C(=O)Nc2cc(C(=O)NCCCN3CCCC3=O)ccc2N2CCN(c3ccccc3C)CC2)o1. The first-order valence-electron chi connectivity index (χ1n) is 13.8. The van der Waals surface area contributed by atoms with Crippen LogP contribution in [0.25, 0.3) is 0 Å². The highest BCUT2D eigenvalue weighted by molar-refractivity contribution is 6.30. The van der Waals surface area contributed by atoms with Gasteiger partial charge in [0.25, 0.3) is 11.8 Å². The van der Waals surface area contributed by atoms with Gasteiger partial charge in [0.05, 0.1) is 11.4 Å². The summed E-state index contributed by atoms with van der Waals surface area (Å²) in [6, 6.07) is 16.8. The number of anilines is 3. The van der Waals surface area contributed by atoms with Crippen LogP contribution in [0.1, 0.15) is 45.7 Å². The van der Waals surface area contributed by atoms with E-state index in [1.165, 1.54) is 23.4 Å². The third-order valence-electron chi connectivity index (χ3n) is 7.50. The number of benzene rings is 2. The highest BCUT2D eigenvalue weighted by Gasteiger charge is 2.23. The van der Waals surface area contributed by atoms with Crippen LogP contribution in [0.2, 0.25) is 0 Å². The zero-order chi connectivity index (χ0) is 28.1. The maximum atomic E-state index is 13.0. The van der Waals surface area contributed by atoms with Crippen LogP contribution in [-0.2, 0) is 4.79 Å². The molecule has 2 saturated heterocycles. The first-order chi connectivity index (χ1) is 19.4. The van der Waals surface area contributed by atoms with Gasteiger partial charge >= 0.3 is 0 Å². The van der Waals surface area contributed by atoms with E-state index < -0.39 is 5.91 Å². The van der Waals surface area contributed by atoms with Gasteiger partial charge in [-0.25, -0.2) is 0 Å². The van der Waals surface area contributed by atoms with Crippen molar-refractivity contribution in [3.8, 4) is 0 Å². The molecule has 3 aromatic rings. The lowest BCUT2D eigenvalue weighted by Crippen LogP contribution is -2.47. The Labute approximate surface area is 235 Å². The van der Waals surface area contributed by atoms with Gasteiger partial charge in [0.15, 0.2) is 13.6 Å². The molecule has 0 spiro atoms. The normalized spacial score (nSPS) is 15.4. The molecule has 2 N–H and O–H groups in total. The van der Waals surface area contributed by atoms with E-state index in [0.29, 0.717) is 37.2 Å². The molecule has 3 heterocycles. The summed E-state index contributed by atoms with van der Waals surface area (Å²) in [5.41, 5.74) is 4.42. The molecule has 10 heteroatoms. The number of furan rings is 1. The van der Waals surface area contributed by atoms with E-state index in [1.54, 1.807) is 12.1 Å². The number of carbonyl (C=O) groups is 3. The van der Waals surface area contributed by atoms with Crippen molar-refractivity contribution in [2.24, 2.45) is 0 Å². The summed E-state index contributed by atoms with van der Waals surface area (Å²) < 4.78 is 5.31. The molecule has 0 bridgehead atoms. The van der Waals surface area contributed by atoms with Crippen LogP contribution in [0.4, 0.5) is 17.1 Å². The number of amides is 3. The Bertz CT molecular complexity index is 1380. The van der Waals surface area contributed by atoms with E-state index in [2.05, 4.69) is 45.6 Å². The Morgan fingerprint density at radius 2 is 1.68 bits per heavy atom. The molecule has 2 aliphatic rings. The van der Waals surface area contributed by atoms with Gasteiger partial charge in [0.1, 0.15) is 0 Å². The van der Waals surface area contributed by atoms with Crippen LogP contribution in [-0.4, -0.2) is 76.3 Å². The number of rotatable bonds is 9. The second-order valence-corrected chi connectivity index (χ2v) is 10.2. The molecule has 3 amide bonds. The second-order valence-electron chi connectivity index (χ2n) is 10.2. The number of likely N-dealkylation sites (tertiary alicyclic amines) is 1. The monoisotopic (exact) mass is 539 g/mol. The maximum Gasteiger partial charge on any atom is 0.291 e. The lowest BCUT2D eigenvalue weighted by atomic mass is 10.1. The van der Waals surface area contributed by atoms with Crippen molar-refractivity contribution in [1.29, 1.82) is 0 Å². The summed E-state index contributed by atoms with van der Waals surface area (Å²) in [6.07, 6.45) is 2.20. The molecule has 2 fully saturated rings. The number of aryl methyl sites for hydroxylation is 1. The number of carbonyl (C=O) groups excluding carboxylic acids is 3. The smallest absolute Gasteiger partial charge is 0.291 e. The average molecular weight is 539 g/mol. The number of hydrogen-bond acceptors (Lipinski definition) is 6. The highest BCUT2D eigenvalue weighted by Crippen LogP contribution is 2.30. The van der Waals surface area contributed by atoms with Gasteiger partial charge in [0, 0.05) is 69.1 Å². The number of para-hydroxylation sites is 1. The largest absolute Gasteiger partial charge is 0.468 e. The van der Waals surface area contributed by atoms with Crippen molar-refractivity contribution < 1.29 is 18.8 Å². The van der Waals surface area contributed by atoms with Crippen molar-refractivity contribution in [3.05, 3.63) is 71.5 Å². The Morgan fingerprint density at radius 3 is 2.35 bits per heavy atom. The van der Waals surface area contributed by atoms with Gasteiger partial charge in [-0.1, -0.05) is 18.2 Å². The summed E-state index contributed by atoms with van der Waals surface area (Å²) in [4.78, 5) is 44.2. The predicted molar refractivity (Wildman–Crippen MR) is 157 cm³/mol. The summed E-state index contributed by atoms with van der Waals surface area (Å²) in [6.45, 7) is 7.17. The number of nitrogens with zero attached hydrogens (tertiary/aromatic N) is 3. The first-order valence-corrected chi connectivity index (χ1v) is 13.8. The quantitative estimate of drug-likeness (QED) is 0.321. The molecule has 2 aliphatic heterocycles. The van der Waals surface area contributed by atoms with Crippen molar-refractivity contribution in [1.82, 2.24) is 10.2 Å². The fourth-order valence-corrected chi connectivity index (χ4v) is 5.33. The summed E-state index contributed by atoms with van der Waals surface area (Å²) in [5.74, 6) is -0.398. The number of piperazine rings is 1. The molecule has 0 aliphatic carbocycles. The molecule has 1 aromatic heterocycles. The van der Waals surface area contributed by atoms with Gasteiger partial charge in [0.2, 0.25) is 5.91 Å². The standard InChI is InChI=1S/C30H34BN5O4/c1-21-6-2-3-7-24(21)34-16-18-35(19-17-34)25-10-9-22(20-23(25)33-30(39)26-11-12-27(31)40-26)29(38)32-13-5-15-36-14-4-8-28(36)37/h2-3,6-7,9-12,20H,4-5,8,13-19H2,1H3,(H,32,38)(H,33,39). The molecular weight excluding hydrogens is 505 g/mol. The maximum absolute atomic E-state index is 13.0. The van der Waals surface area contributed by atoms with Gasteiger partial charge in [-0.15, -0.1) is 0 Å². The Morgan fingerprint density at radius 1 is 0.925 bits per heavy atom. The van der Waals surface area contributed by atoms with Crippen LogP contribution in [0.3, 0.4) is 0 Å². The minimum Gasteiger partial charge on any atom is -0.468 e. The molecule has 2 radical (unpaired) electrons. The van der Waals surface area contributed by atoms with Gasteiger partial charge in [-0.3, -0.25) is 14.4 Å². The minimum absolute atomic E-state index is 0.0964. The zero-order valence-corrected chi connectivity index (χ0v) is 22.8. The van der Waals surface area contributed by atoms with Gasteiger partial charge < -0.3 is 29.8 Å². The van der Waals surface area contributed by atoms with E-state index in [4.69, 9.17) is 12.3 Å². The molecule has 2 aromatic carbocycles. The lowest BCUT2D eigenvalue weighted by molar-refractivity contribution is -0.127. The Hall–Kier alpha value is -4.21. The average Bonchev–Trinajstić information content (AvgIpc) is 3.59. The minimum atomic E-state index is -0.440. The van der Waals surface area contributed by atoms with Crippen molar-refractivity contribution in [2.45, 2.75) is 26.2 Å². The van der Waals surface area contributed by atoms with E-state index >= 15 is 0 Å². The van der Waals surface area contributed by atoms with Crippen LogP contribution in [0, 0.1) is 6.92 Å². The third-order valence-corrected chi connectivity index (χ3v) is 7.50. The molecule has 40 heavy (non-hydrogen) atoms.